The molecule has 0 aliphatic carbocycles. The molecule has 0 aromatic heterocycles. The van der Waals surface area contributed by atoms with E-state index in [9.17, 15) is 8.78 Å². The van der Waals surface area contributed by atoms with Crippen molar-refractivity contribution in [2.75, 3.05) is 6.54 Å². The summed E-state index contributed by atoms with van der Waals surface area (Å²) in [6, 6.07) is 0. The Hall–Kier alpha value is 0.360. The molecule has 0 rings (SSSR count). The molecule has 0 fully saturated rings. The molecule has 3 N–H and O–H groups in total. The Labute approximate surface area is 58.6 Å². The Balaban J connectivity index is -0.000000125. The quantitative estimate of drug-likeness (QED) is 0.468. The Morgan fingerprint density at radius 2 is 1.75 bits per heavy atom. The highest BCUT2D eigenvalue weighted by Gasteiger charge is 1.95. The lowest BCUT2D eigenvalue weighted by Crippen LogP contribution is -2.27. The summed E-state index contributed by atoms with van der Waals surface area (Å²) >= 11 is 0. The molecule has 0 unspecified atom stereocenters. The third-order valence-electron chi connectivity index (χ3n) is 0.272. The molecule has 0 aromatic rings. The van der Waals surface area contributed by atoms with Gasteiger partial charge in [-0.2, -0.15) is 0 Å². The molecule has 0 radical (unpaired) electrons. The predicted molar refractivity (Wildman–Crippen MR) is 32.7 cm³/mol. The van der Waals surface area contributed by atoms with Crippen molar-refractivity contribution in [3.63, 3.8) is 0 Å². The second-order valence-electron chi connectivity index (χ2n) is 0.799. The summed E-state index contributed by atoms with van der Waals surface area (Å²) < 4.78 is 21.8. The predicted octanol–water partition coefficient (Wildman–Crippen LogP) is 0.558. The molecule has 0 bridgehead atoms. The van der Waals surface area contributed by atoms with Crippen LogP contribution in [-0.4, -0.2) is 13.0 Å². The van der Waals surface area contributed by atoms with E-state index in [-0.39, 0.29) is 24.8 Å². The highest BCUT2D eigenvalue weighted by Crippen LogP contribution is 1.84. The van der Waals surface area contributed by atoms with Crippen LogP contribution in [-0.2, 0) is 0 Å². The van der Waals surface area contributed by atoms with Crippen LogP contribution in [0.15, 0.2) is 0 Å². The summed E-state index contributed by atoms with van der Waals surface area (Å²) in [5.74, 6) is 4.50. The van der Waals surface area contributed by atoms with E-state index in [1.54, 1.807) is 0 Å². The Kier molecular flexibility index (Phi) is 20.4. The molecule has 8 heavy (non-hydrogen) atoms. The highest BCUT2D eigenvalue weighted by atomic mass is 35.5. The zero-order chi connectivity index (χ0) is 4.99. The molecule has 0 atom stereocenters. The summed E-state index contributed by atoms with van der Waals surface area (Å²) in [5.41, 5.74) is 1.82. The zero-order valence-corrected chi connectivity index (χ0v) is 5.57. The summed E-state index contributed by atoms with van der Waals surface area (Å²) in [5, 5.41) is 0. The average Bonchev–Trinajstić information content (AvgIpc) is 1.35. The first-order chi connectivity index (χ1) is 2.77. The van der Waals surface area contributed by atoms with Crippen LogP contribution in [0.1, 0.15) is 0 Å². The maximum Gasteiger partial charge on any atom is 0.252 e. The first-order valence-electron chi connectivity index (χ1n) is 1.49. The molecule has 54 valence electrons. The van der Waals surface area contributed by atoms with Crippen LogP contribution in [0.3, 0.4) is 0 Å². The van der Waals surface area contributed by atoms with Crippen molar-refractivity contribution in [3.05, 3.63) is 0 Å². The smallest absolute Gasteiger partial charge is 0.252 e. The lowest BCUT2D eigenvalue weighted by Gasteiger charge is -1.91. The van der Waals surface area contributed by atoms with E-state index in [0.29, 0.717) is 0 Å². The number of rotatable bonds is 2. The minimum absolute atomic E-state index is 0. The summed E-state index contributed by atoms with van der Waals surface area (Å²) in [6.45, 7) is -0.431. The van der Waals surface area contributed by atoms with Crippen molar-refractivity contribution in [2.24, 2.45) is 5.84 Å². The van der Waals surface area contributed by atoms with Crippen molar-refractivity contribution < 1.29 is 8.78 Å². The fraction of sp³-hybridized carbons (Fsp3) is 1.00. The van der Waals surface area contributed by atoms with Crippen molar-refractivity contribution in [3.8, 4) is 0 Å². The molecule has 0 saturated carbocycles. The summed E-state index contributed by atoms with van der Waals surface area (Å²) in [4.78, 5) is 0. The van der Waals surface area contributed by atoms with Gasteiger partial charge < -0.3 is 0 Å². The molecule has 0 spiro atoms. The van der Waals surface area contributed by atoms with Crippen LogP contribution < -0.4 is 11.3 Å². The van der Waals surface area contributed by atoms with Gasteiger partial charge in [-0.3, -0.25) is 11.3 Å². The fourth-order valence-corrected chi connectivity index (χ4v) is 0.0891. The number of alkyl halides is 2. The number of nitrogens with two attached hydrogens (primary N) is 1. The van der Waals surface area contributed by atoms with Crippen LogP contribution in [0.5, 0.6) is 0 Å². The second kappa shape index (κ2) is 10.4. The van der Waals surface area contributed by atoms with Gasteiger partial charge in [0.1, 0.15) is 0 Å². The lowest BCUT2D eigenvalue weighted by molar-refractivity contribution is 0.146. The third kappa shape index (κ3) is 16.2. The number of nitrogens with one attached hydrogen (secondary N) is 1. The minimum atomic E-state index is -2.34. The van der Waals surface area contributed by atoms with Crippen molar-refractivity contribution in [1.82, 2.24) is 5.43 Å². The largest absolute Gasteiger partial charge is 0.271 e. The lowest BCUT2D eigenvalue weighted by atomic mass is 10.7. The molecule has 0 amide bonds. The molecule has 0 aromatic carbocycles. The van der Waals surface area contributed by atoms with Gasteiger partial charge in [-0.25, -0.2) is 8.78 Å². The molecular weight excluding hydrogens is 161 g/mol. The molecule has 0 heterocycles. The number of hydrazine groups is 1. The second-order valence-corrected chi connectivity index (χ2v) is 0.799. The van der Waals surface area contributed by atoms with Crippen molar-refractivity contribution in [1.29, 1.82) is 0 Å². The number of hydrogen-bond donors (Lipinski definition) is 2. The molecule has 0 aliphatic heterocycles. The normalized spacial score (nSPS) is 7.50. The van der Waals surface area contributed by atoms with Crippen LogP contribution in [0, 0.1) is 0 Å². The van der Waals surface area contributed by atoms with Crippen LogP contribution in [0.25, 0.3) is 0 Å². The fourth-order valence-electron chi connectivity index (χ4n) is 0.0891. The standard InChI is InChI=1S/C2H6F2N2.2ClH/c3-2(4)1-6-5;;/h2,6H,1,5H2;2*1H. The van der Waals surface area contributed by atoms with E-state index in [1.807, 2.05) is 5.43 Å². The Morgan fingerprint density at radius 1 is 1.38 bits per heavy atom. The van der Waals surface area contributed by atoms with Gasteiger partial charge in [0.05, 0.1) is 6.54 Å². The monoisotopic (exact) mass is 168 g/mol. The molecule has 0 saturated heterocycles. The maximum atomic E-state index is 10.9. The SMILES string of the molecule is Cl.Cl.NNCC(F)F. The summed E-state index contributed by atoms with van der Waals surface area (Å²) in [7, 11) is 0. The van der Waals surface area contributed by atoms with E-state index >= 15 is 0 Å². The molecule has 0 aliphatic rings. The van der Waals surface area contributed by atoms with Gasteiger partial charge in [-0.15, -0.1) is 24.8 Å². The van der Waals surface area contributed by atoms with Crippen LogP contribution in [0.4, 0.5) is 8.78 Å². The van der Waals surface area contributed by atoms with E-state index in [0.717, 1.165) is 0 Å². The van der Waals surface area contributed by atoms with E-state index in [4.69, 9.17) is 0 Å². The Bertz CT molecular complexity index is 37.2. The number of halogens is 4. The van der Waals surface area contributed by atoms with Crippen LogP contribution >= 0.6 is 24.8 Å². The van der Waals surface area contributed by atoms with E-state index < -0.39 is 13.0 Å². The van der Waals surface area contributed by atoms with Crippen molar-refractivity contribution >= 4 is 24.8 Å². The third-order valence-corrected chi connectivity index (χ3v) is 0.272. The van der Waals surface area contributed by atoms with Gasteiger partial charge in [-0.1, -0.05) is 0 Å². The van der Waals surface area contributed by atoms with E-state index in [1.165, 1.54) is 0 Å². The minimum Gasteiger partial charge on any atom is -0.271 e. The van der Waals surface area contributed by atoms with Gasteiger partial charge >= 0.3 is 0 Å². The maximum absolute atomic E-state index is 10.9. The van der Waals surface area contributed by atoms with Crippen LogP contribution in [0.2, 0.25) is 0 Å². The van der Waals surface area contributed by atoms with Gasteiger partial charge in [0, 0.05) is 0 Å². The van der Waals surface area contributed by atoms with Gasteiger partial charge in [0.2, 0.25) is 0 Å². The molecular formula is C2H8Cl2F2N2. The zero-order valence-electron chi connectivity index (χ0n) is 3.93. The van der Waals surface area contributed by atoms with Gasteiger partial charge in [0.15, 0.2) is 0 Å². The first-order valence-corrected chi connectivity index (χ1v) is 1.49. The Morgan fingerprint density at radius 3 is 1.75 bits per heavy atom. The van der Waals surface area contributed by atoms with Gasteiger partial charge in [-0.05, 0) is 0 Å². The van der Waals surface area contributed by atoms with Gasteiger partial charge in [0.25, 0.3) is 6.43 Å². The molecule has 6 heteroatoms. The van der Waals surface area contributed by atoms with Crippen molar-refractivity contribution in [2.45, 2.75) is 6.43 Å². The first kappa shape index (κ1) is 15.8. The highest BCUT2D eigenvalue weighted by molar-refractivity contribution is 5.85. The van der Waals surface area contributed by atoms with E-state index in [2.05, 4.69) is 5.84 Å². The molecule has 2 nitrogen and oxygen atoms in total. The number of hydrogen-bond acceptors (Lipinski definition) is 2. The summed E-state index contributed by atoms with van der Waals surface area (Å²) in [6.07, 6.45) is -2.34. The topological polar surface area (TPSA) is 38.0 Å². The average molecular weight is 169 g/mol.